The monoisotopic (exact) mass is 351 g/mol. The molecule has 5 heteroatoms. The van der Waals surface area contributed by atoms with Crippen molar-refractivity contribution in [3.8, 4) is 5.75 Å². The molecule has 0 unspecified atom stereocenters. The summed E-state index contributed by atoms with van der Waals surface area (Å²) in [4.78, 5) is 39.3. The molecule has 2 amide bonds. The molecule has 1 aliphatic heterocycles. The van der Waals surface area contributed by atoms with Crippen molar-refractivity contribution in [1.82, 2.24) is 4.90 Å². The zero-order chi connectivity index (χ0) is 18.2. The molecular formula is C21H21NO4. The van der Waals surface area contributed by atoms with Crippen LogP contribution < -0.4 is 4.74 Å². The number of esters is 1. The summed E-state index contributed by atoms with van der Waals surface area (Å²) in [5.74, 6) is 0.460. The van der Waals surface area contributed by atoms with Crippen LogP contribution in [0.1, 0.15) is 17.5 Å². The normalized spacial score (nSPS) is 36.2. The van der Waals surface area contributed by atoms with Gasteiger partial charge >= 0.3 is 5.97 Å². The second-order valence-electron chi connectivity index (χ2n) is 8.16. The Hall–Kier alpha value is -2.43. The van der Waals surface area contributed by atoms with Gasteiger partial charge in [-0.3, -0.25) is 14.5 Å². The Morgan fingerprint density at radius 1 is 1.08 bits per heavy atom. The Balaban J connectivity index is 1.34. The number of carbonyl (C=O) groups excluding carboxylic acids is 3. The van der Waals surface area contributed by atoms with Crippen LogP contribution in [-0.2, 0) is 14.4 Å². The second kappa shape index (κ2) is 5.29. The molecule has 1 aromatic rings. The highest BCUT2D eigenvalue weighted by atomic mass is 16.5. The maximum atomic E-state index is 12.9. The molecule has 0 N–H and O–H groups in total. The summed E-state index contributed by atoms with van der Waals surface area (Å²) in [7, 11) is 0. The van der Waals surface area contributed by atoms with E-state index in [2.05, 4.69) is 12.2 Å². The zero-order valence-corrected chi connectivity index (χ0v) is 14.8. The summed E-state index contributed by atoms with van der Waals surface area (Å²) in [6, 6.07) is 5.62. The van der Waals surface area contributed by atoms with Gasteiger partial charge in [-0.25, -0.2) is 4.79 Å². The predicted molar refractivity (Wildman–Crippen MR) is 93.0 cm³/mol. The first kappa shape index (κ1) is 15.8. The average molecular weight is 351 g/mol. The maximum Gasteiger partial charge on any atom is 0.331 e. The van der Waals surface area contributed by atoms with Crippen LogP contribution in [0.15, 0.2) is 30.4 Å². The SMILES string of the molecule is Cc1ccc(C)c(OC(=O)CN2C(=O)[C@H]3[C@@H]4C=C[C@H]([C@@H]5C[C@H]45)[C@@H]3C2=O)c1. The molecule has 0 radical (unpaired) electrons. The Labute approximate surface area is 152 Å². The summed E-state index contributed by atoms with van der Waals surface area (Å²) in [6.07, 6.45) is 5.39. The van der Waals surface area contributed by atoms with E-state index in [-0.39, 0.29) is 42.0 Å². The van der Waals surface area contributed by atoms with Crippen LogP contribution in [0.2, 0.25) is 0 Å². The van der Waals surface area contributed by atoms with E-state index in [1.165, 1.54) is 0 Å². The molecule has 1 saturated heterocycles. The van der Waals surface area contributed by atoms with Gasteiger partial charge < -0.3 is 4.74 Å². The average Bonchev–Trinajstić information content (AvgIpc) is 3.39. The molecule has 3 fully saturated rings. The second-order valence-corrected chi connectivity index (χ2v) is 8.16. The van der Waals surface area contributed by atoms with Gasteiger partial charge in [-0.15, -0.1) is 0 Å². The van der Waals surface area contributed by atoms with Crippen LogP contribution in [0, 0.1) is 49.4 Å². The van der Waals surface area contributed by atoms with E-state index in [9.17, 15) is 14.4 Å². The number of hydrogen-bond donors (Lipinski definition) is 0. The third-order valence-corrected chi connectivity index (χ3v) is 6.61. The number of allylic oxidation sites excluding steroid dienone is 2. The Kier molecular flexibility index (Phi) is 3.21. The third kappa shape index (κ3) is 2.12. The minimum Gasteiger partial charge on any atom is -0.425 e. The highest BCUT2D eigenvalue weighted by Crippen LogP contribution is 2.65. The van der Waals surface area contributed by atoms with Gasteiger partial charge in [0.25, 0.3) is 0 Å². The first-order chi connectivity index (χ1) is 12.5. The van der Waals surface area contributed by atoms with Crippen molar-refractivity contribution < 1.29 is 19.1 Å². The number of carbonyl (C=O) groups is 3. The van der Waals surface area contributed by atoms with Crippen LogP contribution >= 0.6 is 0 Å². The molecule has 0 aromatic heterocycles. The number of benzene rings is 1. The highest BCUT2D eigenvalue weighted by Gasteiger charge is 2.67. The van der Waals surface area contributed by atoms with Gasteiger partial charge in [0.05, 0.1) is 11.8 Å². The van der Waals surface area contributed by atoms with Gasteiger partial charge in [-0.1, -0.05) is 24.3 Å². The van der Waals surface area contributed by atoms with Crippen molar-refractivity contribution in [1.29, 1.82) is 0 Å². The van der Waals surface area contributed by atoms with Gasteiger partial charge in [0.2, 0.25) is 11.8 Å². The fourth-order valence-corrected chi connectivity index (χ4v) is 5.28. The molecule has 6 rings (SSSR count). The van der Waals surface area contributed by atoms with Gasteiger partial charge in [0, 0.05) is 0 Å². The lowest BCUT2D eigenvalue weighted by Gasteiger charge is -2.37. The third-order valence-electron chi connectivity index (χ3n) is 6.61. The molecule has 1 aromatic carbocycles. The predicted octanol–water partition coefficient (Wildman–Crippen LogP) is 2.26. The molecule has 2 bridgehead atoms. The number of likely N-dealkylation sites (tertiary alicyclic amines) is 1. The fourth-order valence-electron chi connectivity index (χ4n) is 5.28. The number of ether oxygens (including phenoxy) is 1. The highest BCUT2D eigenvalue weighted by molar-refractivity contribution is 6.08. The lowest BCUT2D eigenvalue weighted by Crippen LogP contribution is -2.40. The Morgan fingerprint density at radius 3 is 2.31 bits per heavy atom. The van der Waals surface area contributed by atoms with E-state index in [1.54, 1.807) is 6.07 Å². The largest absolute Gasteiger partial charge is 0.425 e. The maximum absolute atomic E-state index is 12.9. The minimum atomic E-state index is -0.565. The fraction of sp³-hybridized carbons (Fsp3) is 0.476. The topological polar surface area (TPSA) is 63.7 Å². The summed E-state index contributed by atoms with van der Waals surface area (Å²) >= 11 is 0. The molecule has 4 aliphatic carbocycles. The lowest BCUT2D eigenvalue weighted by atomic mass is 9.63. The minimum absolute atomic E-state index is 0.173. The number of imide groups is 1. The van der Waals surface area contributed by atoms with Crippen LogP contribution in [0.4, 0.5) is 0 Å². The van der Waals surface area contributed by atoms with E-state index in [1.807, 2.05) is 26.0 Å². The van der Waals surface area contributed by atoms with E-state index in [4.69, 9.17) is 4.74 Å². The number of aryl methyl sites for hydroxylation is 2. The van der Waals surface area contributed by atoms with Crippen molar-refractivity contribution >= 4 is 17.8 Å². The van der Waals surface area contributed by atoms with Crippen molar-refractivity contribution in [2.75, 3.05) is 6.54 Å². The number of rotatable bonds is 3. The summed E-state index contributed by atoms with van der Waals surface area (Å²) in [6.45, 7) is 3.48. The standard InChI is InChI=1S/C21H21NO4/c1-10-3-4-11(2)16(7-10)26-17(23)9-22-20(24)18-12-5-6-13(15-8-14(12)15)19(18)21(22)25/h3-7,12-15,18-19H,8-9H2,1-2H3/t12-,13-,14-,15+,18+,19+/m1/s1. The van der Waals surface area contributed by atoms with E-state index < -0.39 is 5.97 Å². The number of amides is 2. The molecule has 0 spiro atoms. The molecule has 134 valence electrons. The molecule has 26 heavy (non-hydrogen) atoms. The first-order valence-electron chi connectivity index (χ1n) is 9.27. The molecule has 6 atom stereocenters. The van der Waals surface area contributed by atoms with E-state index >= 15 is 0 Å². The van der Waals surface area contributed by atoms with Crippen molar-refractivity contribution in [3.05, 3.63) is 41.5 Å². The van der Waals surface area contributed by atoms with Crippen molar-refractivity contribution in [2.24, 2.45) is 35.5 Å². The molecule has 2 saturated carbocycles. The molecular weight excluding hydrogens is 330 g/mol. The molecule has 1 heterocycles. The quantitative estimate of drug-likeness (QED) is 0.363. The molecule has 5 aliphatic rings. The summed E-state index contributed by atoms with van der Waals surface area (Å²) in [5.41, 5.74) is 1.83. The number of nitrogens with zero attached hydrogens (tertiary/aromatic N) is 1. The number of hydrogen-bond acceptors (Lipinski definition) is 4. The van der Waals surface area contributed by atoms with Crippen LogP contribution in [-0.4, -0.2) is 29.2 Å². The van der Waals surface area contributed by atoms with E-state index in [0.717, 1.165) is 22.4 Å². The summed E-state index contributed by atoms with van der Waals surface area (Å²) in [5, 5.41) is 0. The smallest absolute Gasteiger partial charge is 0.331 e. The first-order valence-corrected chi connectivity index (χ1v) is 9.27. The van der Waals surface area contributed by atoms with Gasteiger partial charge in [-0.05, 0) is 61.1 Å². The van der Waals surface area contributed by atoms with Gasteiger partial charge in [-0.2, -0.15) is 0 Å². The zero-order valence-electron chi connectivity index (χ0n) is 14.8. The van der Waals surface area contributed by atoms with Gasteiger partial charge in [0.1, 0.15) is 12.3 Å². The van der Waals surface area contributed by atoms with Crippen LogP contribution in [0.3, 0.4) is 0 Å². The van der Waals surface area contributed by atoms with Crippen molar-refractivity contribution in [2.45, 2.75) is 20.3 Å². The van der Waals surface area contributed by atoms with Crippen LogP contribution in [0.5, 0.6) is 5.75 Å². The van der Waals surface area contributed by atoms with E-state index in [0.29, 0.717) is 17.6 Å². The van der Waals surface area contributed by atoms with Crippen LogP contribution in [0.25, 0.3) is 0 Å². The Morgan fingerprint density at radius 2 is 1.69 bits per heavy atom. The van der Waals surface area contributed by atoms with Crippen molar-refractivity contribution in [3.63, 3.8) is 0 Å². The lowest BCUT2D eigenvalue weighted by molar-refractivity contribution is -0.148. The summed E-state index contributed by atoms with van der Waals surface area (Å²) < 4.78 is 5.44. The molecule has 5 nitrogen and oxygen atoms in total. The van der Waals surface area contributed by atoms with Gasteiger partial charge in [0.15, 0.2) is 0 Å². The Bertz CT molecular complexity index is 837.